The lowest BCUT2D eigenvalue weighted by atomic mass is 9.82. The van der Waals surface area contributed by atoms with Gasteiger partial charge >= 0.3 is 5.97 Å². The number of nitrogens with zero attached hydrogens (tertiary/aromatic N) is 1. The van der Waals surface area contributed by atoms with Crippen molar-refractivity contribution in [2.75, 3.05) is 4.90 Å². The van der Waals surface area contributed by atoms with E-state index in [2.05, 4.69) is 18.8 Å². The van der Waals surface area contributed by atoms with Crippen LogP contribution in [0.5, 0.6) is 0 Å². The van der Waals surface area contributed by atoms with Gasteiger partial charge in [0.15, 0.2) is 0 Å². The molecule has 1 aliphatic carbocycles. The van der Waals surface area contributed by atoms with Crippen LogP contribution in [0.2, 0.25) is 0 Å². The third-order valence-electron chi connectivity index (χ3n) is 5.82. The maximum atomic E-state index is 13.7. The molecule has 1 aliphatic rings. The van der Waals surface area contributed by atoms with E-state index in [0.717, 1.165) is 43.4 Å². The van der Waals surface area contributed by atoms with Crippen molar-refractivity contribution in [1.29, 1.82) is 0 Å². The number of thiophene rings is 1. The number of hydrogen-bond acceptors (Lipinski definition) is 4. The predicted molar refractivity (Wildman–Crippen MR) is 130 cm³/mol. The normalized spacial score (nSPS) is 19.6. The molecule has 1 fully saturated rings. The molecule has 0 aromatic carbocycles. The van der Waals surface area contributed by atoms with E-state index in [-0.39, 0.29) is 34.3 Å². The first kappa shape index (κ1) is 26.1. The summed E-state index contributed by atoms with van der Waals surface area (Å²) in [5.41, 5.74) is 0.156. The lowest BCUT2D eigenvalue weighted by molar-refractivity contribution is -0.124. The van der Waals surface area contributed by atoms with Crippen molar-refractivity contribution in [3.63, 3.8) is 0 Å². The third-order valence-corrected chi connectivity index (χ3v) is 6.85. The highest BCUT2D eigenvalue weighted by Gasteiger charge is 2.35. The number of carbonyl (C=O) groups is 3. The van der Waals surface area contributed by atoms with E-state index >= 15 is 0 Å². The molecule has 1 amide bonds. The van der Waals surface area contributed by atoms with Crippen LogP contribution in [0.1, 0.15) is 101 Å². The molecule has 1 heterocycles. The molecule has 0 saturated heterocycles. The molecular formula is C26H37NO4S. The Kier molecular flexibility index (Phi) is 9.09. The molecule has 1 N–H and O–H groups in total. The van der Waals surface area contributed by atoms with Crippen LogP contribution in [-0.4, -0.2) is 28.8 Å². The molecule has 1 aromatic heterocycles. The minimum atomic E-state index is -1.07. The van der Waals surface area contributed by atoms with Crippen molar-refractivity contribution >= 4 is 34.7 Å². The van der Waals surface area contributed by atoms with E-state index < -0.39 is 12.0 Å². The molecule has 1 atom stereocenters. The molecule has 6 heteroatoms. The topological polar surface area (TPSA) is 74.7 Å². The molecule has 176 valence electrons. The van der Waals surface area contributed by atoms with Gasteiger partial charge in [-0.25, -0.2) is 4.79 Å². The first-order valence-corrected chi connectivity index (χ1v) is 12.5. The van der Waals surface area contributed by atoms with E-state index in [1.807, 2.05) is 34.6 Å². The molecule has 0 aliphatic heterocycles. The number of aromatic carboxylic acids is 1. The number of carboxylic acid groups (broad SMARTS) is 1. The second kappa shape index (κ2) is 11.1. The summed E-state index contributed by atoms with van der Waals surface area (Å²) in [7, 11) is 0. The lowest BCUT2D eigenvalue weighted by Crippen LogP contribution is -2.44. The van der Waals surface area contributed by atoms with Crippen molar-refractivity contribution in [2.24, 2.45) is 17.3 Å². The highest BCUT2D eigenvalue weighted by atomic mass is 32.1. The quantitative estimate of drug-likeness (QED) is 0.473. The van der Waals surface area contributed by atoms with Crippen molar-refractivity contribution in [2.45, 2.75) is 92.5 Å². The van der Waals surface area contributed by atoms with Gasteiger partial charge in [0.1, 0.15) is 10.7 Å². The first-order chi connectivity index (χ1) is 14.9. The predicted octanol–water partition coefficient (Wildman–Crippen LogP) is 6.15. The van der Waals surface area contributed by atoms with Crippen LogP contribution in [0.25, 0.3) is 0 Å². The molecule has 2 rings (SSSR count). The molecule has 0 spiro atoms. The largest absolute Gasteiger partial charge is 0.477 e. The van der Waals surface area contributed by atoms with E-state index in [1.165, 1.54) is 0 Å². The highest BCUT2D eigenvalue weighted by molar-refractivity contribution is 7.15. The Bertz CT molecular complexity index is 891. The lowest BCUT2D eigenvalue weighted by Gasteiger charge is -2.34. The van der Waals surface area contributed by atoms with Crippen molar-refractivity contribution in [3.8, 4) is 11.8 Å². The first-order valence-electron chi connectivity index (χ1n) is 11.7. The number of hydrogen-bond donors (Lipinski definition) is 1. The van der Waals surface area contributed by atoms with Gasteiger partial charge in [-0.1, -0.05) is 25.7 Å². The summed E-state index contributed by atoms with van der Waals surface area (Å²) in [5.74, 6) is 5.64. The Labute approximate surface area is 196 Å². The van der Waals surface area contributed by atoms with Crippen LogP contribution < -0.4 is 4.90 Å². The van der Waals surface area contributed by atoms with Gasteiger partial charge in [-0.2, -0.15) is 0 Å². The van der Waals surface area contributed by atoms with Gasteiger partial charge in [-0.15, -0.1) is 11.3 Å². The maximum Gasteiger partial charge on any atom is 0.348 e. The molecule has 0 radical (unpaired) electrons. The zero-order chi connectivity index (χ0) is 24.1. The summed E-state index contributed by atoms with van der Waals surface area (Å²) in [6.07, 6.45) is 5.03. The van der Waals surface area contributed by atoms with Crippen LogP contribution in [0.3, 0.4) is 0 Å². The summed E-state index contributed by atoms with van der Waals surface area (Å²) in [4.78, 5) is 40.5. The van der Waals surface area contributed by atoms with Gasteiger partial charge in [-0.05, 0) is 71.8 Å². The second-order valence-corrected chi connectivity index (χ2v) is 11.2. The number of ketones is 1. The smallest absolute Gasteiger partial charge is 0.348 e. The van der Waals surface area contributed by atoms with Gasteiger partial charge in [0.05, 0.1) is 10.6 Å². The maximum absolute atomic E-state index is 13.7. The van der Waals surface area contributed by atoms with E-state index in [0.29, 0.717) is 22.9 Å². The molecule has 32 heavy (non-hydrogen) atoms. The second-order valence-electron chi connectivity index (χ2n) is 10.1. The fraction of sp³-hybridized carbons (Fsp3) is 0.654. The van der Waals surface area contributed by atoms with Crippen LogP contribution in [0, 0.1) is 29.1 Å². The van der Waals surface area contributed by atoms with E-state index in [9.17, 15) is 19.5 Å². The Morgan fingerprint density at radius 2 is 1.84 bits per heavy atom. The SMILES string of the molecule is CCCC(=O)C[C@H](C)N(C(=O)C1CCC(C)CC1)c1cc(C#CC(C)(C)C)sc1C(=O)O. The summed E-state index contributed by atoms with van der Waals surface area (Å²) in [6, 6.07) is 1.31. The van der Waals surface area contributed by atoms with Gasteiger partial charge in [0, 0.05) is 30.2 Å². The fourth-order valence-corrected chi connectivity index (χ4v) is 4.94. The minimum absolute atomic E-state index is 0.0654. The summed E-state index contributed by atoms with van der Waals surface area (Å²) in [5, 5.41) is 9.89. The molecule has 1 saturated carbocycles. The number of anilines is 1. The Hall–Kier alpha value is -2.13. The average Bonchev–Trinajstić information content (AvgIpc) is 3.11. The number of carboxylic acids is 1. The minimum Gasteiger partial charge on any atom is -0.477 e. The van der Waals surface area contributed by atoms with Crippen LogP contribution >= 0.6 is 11.3 Å². The van der Waals surface area contributed by atoms with Gasteiger partial charge < -0.3 is 10.0 Å². The molecule has 0 unspecified atom stereocenters. The highest BCUT2D eigenvalue weighted by Crippen LogP contribution is 2.36. The Balaban J connectivity index is 2.48. The molecule has 0 bridgehead atoms. The molecule has 5 nitrogen and oxygen atoms in total. The monoisotopic (exact) mass is 459 g/mol. The van der Waals surface area contributed by atoms with Crippen LogP contribution in [-0.2, 0) is 9.59 Å². The summed E-state index contributed by atoms with van der Waals surface area (Å²) < 4.78 is 0. The molecule has 1 aromatic rings. The Morgan fingerprint density at radius 3 is 2.38 bits per heavy atom. The average molecular weight is 460 g/mol. The van der Waals surface area contributed by atoms with Gasteiger partial charge in [-0.3, -0.25) is 9.59 Å². The molecular weight excluding hydrogens is 422 g/mol. The van der Waals surface area contributed by atoms with Crippen LogP contribution in [0.15, 0.2) is 6.07 Å². The van der Waals surface area contributed by atoms with Crippen LogP contribution in [0.4, 0.5) is 5.69 Å². The number of Topliss-reactive ketones (excluding diaryl/α,β-unsaturated/α-hetero) is 1. The fourth-order valence-electron chi connectivity index (χ4n) is 4.10. The zero-order valence-corrected chi connectivity index (χ0v) is 21.1. The van der Waals surface area contributed by atoms with Crippen molar-refractivity contribution in [1.82, 2.24) is 0 Å². The number of amides is 1. The number of rotatable bonds is 8. The third kappa shape index (κ3) is 7.20. The van der Waals surface area contributed by atoms with Gasteiger partial charge in [0.2, 0.25) is 5.91 Å². The van der Waals surface area contributed by atoms with Crippen molar-refractivity contribution in [3.05, 3.63) is 15.8 Å². The van der Waals surface area contributed by atoms with Gasteiger partial charge in [0.25, 0.3) is 0 Å². The van der Waals surface area contributed by atoms with Crippen molar-refractivity contribution < 1.29 is 19.5 Å². The Morgan fingerprint density at radius 1 is 1.22 bits per heavy atom. The summed E-state index contributed by atoms with van der Waals surface area (Å²) >= 11 is 1.10. The zero-order valence-electron chi connectivity index (χ0n) is 20.3. The van der Waals surface area contributed by atoms with E-state index in [1.54, 1.807) is 11.0 Å². The van der Waals surface area contributed by atoms with E-state index in [4.69, 9.17) is 0 Å². The standard InChI is InChI=1S/C26H37NO4S/c1-7-8-20(28)15-18(3)27(24(29)19-11-9-17(2)10-12-19)22-16-21(13-14-26(4,5)6)32-23(22)25(30)31/h16-19H,7-12,15H2,1-6H3,(H,30,31)/t17?,18-,19?/m0/s1. The summed E-state index contributed by atoms with van der Waals surface area (Å²) in [6.45, 7) is 12.0. The number of carbonyl (C=O) groups excluding carboxylic acids is 2.